The van der Waals surface area contributed by atoms with E-state index in [1.165, 1.54) is 36.4 Å². The Hall–Kier alpha value is -2.89. The molecule has 1 saturated heterocycles. The Morgan fingerprint density at radius 3 is 2.48 bits per heavy atom. The predicted molar refractivity (Wildman–Crippen MR) is 112 cm³/mol. The summed E-state index contributed by atoms with van der Waals surface area (Å²) in [5, 5.41) is 3.09. The van der Waals surface area contributed by atoms with Crippen molar-refractivity contribution >= 4 is 22.9 Å². The van der Waals surface area contributed by atoms with Crippen LogP contribution in [0.25, 0.3) is 5.65 Å². The van der Waals surface area contributed by atoms with Crippen molar-refractivity contribution in [3.8, 4) is 0 Å². The average Bonchev–Trinajstić information content (AvgIpc) is 3.53. The first-order valence-electron chi connectivity index (χ1n) is 10.4. The van der Waals surface area contributed by atoms with Gasteiger partial charge in [0.2, 0.25) is 5.91 Å². The molecule has 5 rings (SSSR count). The summed E-state index contributed by atoms with van der Waals surface area (Å²) in [4.78, 5) is 19.8. The second kappa shape index (κ2) is 7.17. The van der Waals surface area contributed by atoms with Gasteiger partial charge < -0.3 is 14.6 Å². The van der Waals surface area contributed by atoms with Crippen LogP contribution in [-0.2, 0) is 4.79 Å². The van der Waals surface area contributed by atoms with E-state index in [1.807, 2.05) is 18.3 Å². The minimum absolute atomic E-state index is 0.00620. The molecule has 1 N–H and O–H groups in total. The van der Waals surface area contributed by atoms with E-state index < -0.39 is 0 Å². The van der Waals surface area contributed by atoms with E-state index in [2.05, 4.69) is 21.5 Å². The van der Waals surface area contributed by atoms with Crippen LogP contribution in [0.3, 0.4) is 0 Å². The van der Waals surface area contributed by atoms with Gasteiger partial charge in [-0.25, -0.2) is 9.37 Å². The SMILES string of the molecule is Cc1c(C2CC2)nc2ccc(NC(=O)C3CCN(c4ccc(F)cc4)CC3)cn12. The molecule has 6 heteroatoms. The van der Waals surface area contributed by atoms with Gasteiger partial charge in [0.25, 0.3) is 0 Å². The van der Waals surface area contributed by atoms with Crippen molar-refractivity contribution in [3.63, 3.8) is 0 Å². The van der Waals surface area contributed by atoms with Crippen molar-refractivity contribution < 1.29 is 9.18 Å². The molecule has 3 aromatic rings. The van der Waals surface area contributed by atoms with Gasteiger partial charge in [0, 0.05) is 42.5 Å². The first kappa shape index (κ1) is 18.2. The number of imidazole rings is 1. The lowest BCUT2D eigenvalue weighted by atomic mass is 9.95. The number of pyridine rings is 1. The first-order chi connectivity index (χ1) is 14.1. The molecular formula is C23H25FN4O. The molecule has 0 unspecified atom stereocenters. The zero-order chi connectivity index (χ0) is 20.0. The molecule has 2 aliphatic rings. The number of carbonyl (C=O) groups is 1. The Bertz CT molecular complexity index is 1050. The highest BCUT2D eigenvalue weighted by Gasteiger charge is 2.29. The van der Waals surface area contributed by atoms with Gasteiger partial charge in [0.05, 0.1) is 11.4 Å². The quantitative estimate of drug-likeness (QED) is 0.710. The minimum atomic E-state index is -0.225. The minimum Gasteiger partial charge on any atom is -0.371 e. The largest absolute Gasteiger partial charge is 0.371 e. The number of nitrogens with zero attached hydrogens (tertiary/aromatic N) is 3. The van der Waals surface area contributed by atoms with Gasteiger partial charge in [0.1, 0.15) is 11.5 Å². The van der Waals surface area contributed by atoms with E-state index in [1.54, 1.807) is 12.1 Å². The summed E-state index contributed by atoms with van der Waals surface area (Å²) in [7, 11) is 0. The molecule has 2 aromatic heterocycles. The van der Waals surface area contributed by atoms with Crippen molar-refractivity contribution in [2.24, 2.45) is 5.92 Å². The van der Waals surface area contributed by atoms with E-state index >= 15 is 0 Å². The summed E-state index contributed by atoms with van der Waals surface area (Å²) in [6.07, 6.45) is 6.02. The third-order valence-corrected chi connectivity index (χ3v) is 6.18. The van der Waals surface area contributed by atoms with Crippen LogP contribution in [0.2, 0.25) is 0 Å². The maximum absolute atomic E-state index is 13.1. The first-order valence-corrected chi connectivity index (χ1v) is 10.4. The maximum atomic E-state index is 13.1. The Labute approximate surface area is 169 Å². The van der Waals surface area contributed by atoms with Gasteiger partial charge in [-0.15, -0.1) is 0 Å². The molecule has 3 heterocycles. The molecule has 0 bridgehead atoms. The highest BCUT2D eigenvalue weighted by molar-refractivity contribution is 5.92. The number of piperidine rings is 1. The van der Waals surface area contributed by atoms with Crippen LogP contribution < -0.4 is 10.2 Å². The molecule has 1 aliphatic carbocycles. The highest BCUT2D eigenvalue weighted by Crippen LogP contribution is 2.41. The second-order valence-corrected chi connectivity index (χ2v) is 8.23. The van der Waals surface area contributed by atoms with E-state index in [-0.39, 0.29) is 17.6 Å². The van der Waals surface area contributed by atoms with Crippen LogP contribution in [0.15, 0.2) is 42.6 Å². The monoisotopic (exact) mass is 392 g/mol. The lowest BCUT2D eigenvalue weighted by Gasteiger charge is -2.33. The van der Waals surface area contributed by atoms with Gasteiger partial charge in [-0.1, -0.05) is 0 Å². The normalized spacial score (nSPS) is 17.7. The van der Waals surface area contributed by atoms with E-state index in [9.17, 15) is 9.18 Å². The second-order valence-electron chi connectivity index (χ2n) is 8.23. The standard InChI is InChI=1S/C23H25FN4O/c1-15-22(16-2-3-16)26-21-9-6-19(14-28(15)21)25-23(29)17-10-12-27(13-11-17)20-7-4-18(24)5-8-20/h4-9,14,16-17H,2-3,10-13H2,1H3,(H,25,29). The fourth-order valence-electron chi connectivity index (χ4n) is 4.29. The van der Waals surface area contributed by atoms with Gasteiger partial charge in [-0.3, -0.25) is 4.79 Å². The zero-order valence-corrected chi connectivity index (χ0v) is 16.6. The van der Waals surface area contributed by atoms with Crippen LogP contribution in [0, 0.1) is 18.7 Å². The summed E-state index contributed by atoms with van der Waals surface area (Å²) < 4.78 is 15.2. The number of carbonyl (C=O) groups excluding carboxylic acids is 1. The van der Waals surface area contributed by atoms with Crippen molar-refractivity contribution in [2.75, 3.05) is 23.3 Å². The lowest BCUT2D eigenvalue weighted by molar-refractivity contribution is -0.120. The van der Waals surface area contributed by atoms with Gasteiger partial charge >= 0.3 is 0 Å². The van der Waals surface area contributed by atoms with E-state index in [4.69, 9.17) is 4.98 Å². The van der Waals surface area contributed by atoms with Crippen LogP contribution in [0.5, 0.6) is 0 Å². The molecule has 0 radical (unpaired) electrons. The number of aromatic nitrogens is 2. The number of nitrogens with one attached hydrogen (secondary N) is 1. The molecule has 29 heavy (non-hydrogen) atoms. The summed E-state index contributed by atoms with van der Waals surface area (Å²) in [5.41, 5.74) is 5.13. The van der Waals surface area contributed by atoms with Gasteiger partial charge in [0.15, 0.2) is 0 Å². The van der Waals surface area contributed by atoms with Gasteiger partial charge in [-0.2, -0.15) is 0 Å². The third kappa shape index (κ3) is 3.59. The molecule has 1 saturated carbocycles. The molecule has 5 nitrogen and oxygen atoms in total. The van der Waals surface area contributed by atoms with Crippen molar-refractivity contribution in [2.45, 2.75) is 38.5 Å². The fourth-order valence-corrected chi connectivity index (χ4v) is 4.29. The Kier molecular flexibility index (Phi) is 4.49. The lowest BCUT2D eigenvalue weighted by Crippen LogP contribution is -2.38. The zero-order valence-electron chi connectivity index (χ0n) is 16.6. The number of hydrogen-bond donors (Lipinski definition) is 1. The maximum Gasteiger partial charge on any atom is 0.227 e. The van der Waals surface area contributed by atoms with Crippen LogP contribution in [-0.4, -0.2) is 28.4 Å². The molecule has 150 valence electrons. The summed E-state index contributed by atoms with van der Waals surface area (Å²) in [6, 6.07) is 10.5. The summed E-state index contributed by atoms with van der Waals surface area (Å²) in [6.45, 7) is 3.70. The Morgan fingerprint density at radius 1 is 1.07 bits per heavy atom. The molecule has 0 spiro atoms. The number of benzene rings is 1. The highest BCUT2D eigenvalue weighted by atomic mass is 19.1. The van der Waals surface area contributed by atoms with Gasteiger partial charge in [-0.05, 0) is 69.0 Å². The number of halogens is 1. The predicted octanol–water partition coefficient (Wildman–Crippen LogP) is 4.51. The Balaban J connectivity index is 1.24. The van der Waals surface area contributed by atoms with Crippen LogP contribution in [0.1, 0.15) is 43.0 Å². The number of fused-ring (bicyclic) bond motifs is 1. The number of rotatable bonds is 4. The molecule has 1 aliphatic heterocycles. The molecular weight excluding hydrogens is 367 g/mol. The van der Waals surface area contributed by atoms with Crippen LogP contribution in [0.4, 0.5) is 15.8 Å². The fraction of sp³-hybridized carbons (Fsp3) is 0.391. The summed E-state index contributed by atoms with van der Waals surface area (Å²) >= 11 is 0. The van der Waals surface area contributed by atoms with E-state index in [0.29, 0.717) is 5.92 Å². The topological polar surface area (TPSA) is 49.6 Å². The molecule has 1 aromatic carbocycles. The molecule has 2 fully saturated rings. The number of amides is 1. The third-order valence-electron chi connectivity index (χ3n) is 6.18. The molecule has 0 atom stereocenters. The smallest absolute Gasteiger partial charge is 0.227 e. The van der Waals surface area contributed by atoms with Crippen LogP contribution >= 0.6 is 0 Å². The average molecular weight is 392 g/mol. The van der Waals surface area contributed by atoms with Crippen molar-refractivity contribution in [1.82, 2.24) is 9.38 Å². The van der Waals surface area contributed by atoms with Crippen molar-refractivity contribution in [1.29, 1.82) is 0 Å². The summed E-state index contributed by atoms with van der Waals surface area (Å²) in [5.74, 6) is 0.452. The Morgan fingerprint density at radius 2 is 1.79 bits per heavy atom. The van der Waals surface area contributed by atoms with E-state index in [0.717, 1.165) is 43.0 Å². The number of aryl methyl sites for hydroxylation is 1. The number of anilines is 2. The number of hydrogen-bond acceptors (Lipinski definition) is 3. The molecule has 1 amide bonds. The van der Waals surface area contributed by atoms with Crippen molar-refractivity contribution in [3.05, 3.63) is 59.8 Å².